The molecule has 0 radical (unpaired) electrons. The molecule has 62 valence electrons. The average Bonchev–Trinajstić information content (AvgIpc) is 1.95. The maximum absolute atomic E-state index is 10.6. The summed E-state index contributed by atoms with van der Waals surface area (Å²) in [5.41, 5.74) is 0. The predicted octanol–water partition coefficient (Wildman–Crippen LogP) is 0.0595. The van der Waals surface area contributed by atoms with Crippen molar-refractivity contribution in [2.45, 2.75) is 18.9 Å². The van der Waals surface area contributed by atoms with E-state index in [9.17, 15) is 4.79 Å². The van der Waals surface area contributed by atoms with Crippen LogP contribution in [0.3, 0.4) is 0 Å². The molecule has 1 fully saturated rings. The van der Waals surface area contributed by atoms with Crippen LogP contribution in [0.25, 0.3) is 0 Å². The number of aliphatic hydroxyl groups is 1. The van der Waals surface area contributed by atoms with Crippen LogP contribution >= 0.6 is 0 Å². The second-order valence-corrected chi connectivity index (χ2v) is 2.94. The SMILES string of the molecule is C=CC(=O)NCC1CC(O)C1. The molecule has 0 aliphatic heterocycles. The minimum Gasteiger partial charge on any atom is -0.393 e. The summed E-state index contributed by atoms with van der Waals surface area (Å²) in [6, 6.07) is 0. The van der Waals surface area contributed by atoms with Crippen molar-refractivity contribution in [1.29, 1.82) is 0 Å². The Morgan fingerprint density at radius 2 is 2.36 bits per heavy atom. The fourth-order valence-corrected chi connectivity index (χ4v) is 1.18. The van der Waals surface area contributed by atoms with Gasteiger partial charge < -0.3 is 10.4 Å². The molecule has 1 saturated carbocycles. The third-order valence-electron chi connectivity index (χ3n) is 1.96. The van der Waals surface area contributed by atoms with Gasteiger partial charge in [-0.25, -0.2) is 0 Å². The van der Waals surface area contributed by atoms with E-state index in [1.54, 1.807) is 0 Å². The van der Waals surface area contributed by atoms with E-state index in [-0.39, 0.29) is 12.0 Å². The van der Waals surface area contributed by atoms with Gasteiger partial charge in [-0.15, -0.1) is 0 Å². The molecule has 0 aromatic carbocycles. The molecule has 1 rings (SSSR count). The molecule has 0 aromatic rings. The quantitative estimate of drug-likeness (QED) is 0.566. The Kier molecular flexibility index (Phi) is 2.65. The zero-order chi connectivity index (χ0) is 8.27. The molecule has 0 saturated heterocycles. The zero-order valence-corrected chi connectivity index (χ0v) is 6.42. The molecule has 0 spiro atoms. The highest BCUT2D eigenvalue weighted by Crippen LogP contribution is 2.25. The summed E-state index contributed by atoms with van der Waals surface area (Å²) in [7, 11) is 0. The fourth-order valence-electron chi connectivity index (χ4n) is 1.18. The van der Waals surface area contributed by atoms with E-state index in [0.717, 1.165) is 12.8 Å². The monoisotopic (exact) mass is 155 g/mol. The summed E-state index contributed by atoms with van der Waals surface area (Å²) < 4.78 is 0. The van der Waals surface area contributed by atoms with Crippen molar-refractivity contribution >= 4 is 5.91 Å². The molecule has 1 amide bonds. The van der Waals surface area contributed by atoms with Gasteiger partial charge in [0.05, 0.1) is 6.10 Å². The van der Waals surface area contributed by atoms with Crippen LogP contribution in [0, 0.1) is 5.92 Å². The van der Waals surface area contributed by atoms with Crippen LogP contribution < -0.4 is 5.32 Å². The number of rotatable bonds is 3. The van der Waals surface area contributed by atoms with E-state index in [1.165, 1.54) is 6.08 Å². The summed E-state index contributed by atoms with van der Waals surface area (Å²) in [6.45, 7) is 4.00. The minimum absolute atomic E-state index is 0.133. The van der Waals surface area contributed by atoms with E-state index >= 15 is 0 Å². The van der Waals surface area contributed by atoms with Gasteiger partial charge in [0.2, 0.25) is 5.91 Å². The topological polar surface area (TPSA) is 49.3 Å². The van der Waals surface area contributed by atoms with Gasteiger partial charge in [0.1, 0.15) is 0 Å². The standard InChI is InChI=1S/C8H13NO2/c1-2-8(11)9-5-6-3-7(10)4-6/h2,6-7,10H,1,3-5H2,(H,9,11). The first-order valence-electron chi connectivity index (χ1n) is 3.80. The lowest BCUT2D eigenvalue weighted by Gasteiger charge is -2.31. The van der Waals surface area contributed by atoms with Gasteiger partial charge in [-0.05, 0) is 24.8 Å². The van der Waals surface area contributed by atoms with E-state index in [2.05, 4.69) is 11.9 Å². The number of amides is 1. The number of carbonyl (C=O) groups excluding carboxylic acids is 1. The average molecular weight is 155 g/mol. The van der Waals surface area contributed by atoms with Crippen LogP contribution in [0.4, 0.5) is 0 Å². The summed E-state index contributed by atoms with van der Waals surface area (Å²) >= 11 is 0. The van der Waals surface area contributed by atoms with Crippen LogP contribution in [0.5, 0.6) is 0 Å². The molecule has 0 atom stereocenters. The lowest BCUT2D eigenvalue weighted by atomic mass is 9.82. The summed E-state index contributed by atoms with van der Waals surface area (Å²) in [5, 5.41) is 11.6. The Labute approximate surface area is 66.1 Å². The predicted molar refractivity (Wildman–Crippen MR) is 41.9 cm³/mol. The summed E-state index contributed by atoms with van der Waals surface area (Å²) in [4.78, 5) is 10.6. The third-order valence-corrected chi connectivity index (χ3v) is 1.96. The van der Waals surface area contributed by atoms with Crippen LogP contribution in [-0.2, 0) is 4.79 Å². The Morgan fingerprint density at radius 3 is 2.82 bits per heavy atom. The minimum atomic E-state index is -0.138. The van der Waals surface area contributed by atoms with E-state index < -0.39 is 0 Å². The maximum Gasteiger partial charge on any atom is 0.243 e. The van der Waals surface area contributed by atoms with E-state index in [0.29, 0.717) is 12.5 Å². The van der Waals surface area contributed by atoms with Gasteiger partial charge in [-0.2, -0.15) is 0 Å². The molecule has 3 heteroatoms. The number of carbonyl (C=O) groups is 1. The molecule has 0 unspecified atom stereocenters. The lowest BCUT2D eigenvalue weighted by molar-refractivity contribution is -0.117. The molecule has 0 aromatic heterocycles. The van der Waals surface area contributed by atoms with Crippen LogP contribution in [0.2, 0.25) is 0 Å². The van der Waals surface area contributed by atoms with Crippen molar-refractivity contribution in [3.63, 3.8) is 0 Å². The van der Waals surface area contributed by atoms with Crippen LogP contribution in [0.15, 0.2) is 12.7 Å². The second kappa shape index (κ2) is 3.53. The number of aliphatic hydroxyl groups excluding tert-OH is 1. The highest BCUT2D eigenvalue weighted by molar-refractivity contribution is 5.86. The van der Waals surface area contributed by atoms with Gasteiger partial charge >= 0.3 is 0 Å². The summed E-state index contributed by atoms with van der Waals surface area (Å²) in [6.07, 6.45) is 2.75. The third kappa shape index (κ3) is 2.35. The van der Waals surface area contributed by atoms with Gasteiger partial charge in [-0.3, -0.25) is 4.79 Å². The Bertz CT molecular complexity index is 161. The molecule has 3 nitrogen and oxygen atoms in total. The van der Waals surface area contributed by atoms with Gasteiger partial charge in [0, 0.05) is 6.54 Å². The van der Waals surface area contributed by atoms with Crippen LogP contribution in [-0.4, -0.2) is 23.7 Å². The maximum atomic E-state index is 10.6. The zero-order valence-electron chi connectivity index (χ0n) is 6.42. The first-order valence-corrected chi connectivity index (χ1v) is 3.80. The van der Waals surface area contributed by atoms with Gasteiger partial charge in [0.25, 0.3) is 0 Å². The molecule has 11 heavy (non-hydrogen) atoms. The molecular formula is C8H13NO2. The molecule has 2 N–H and O–H groups in total. The van der Waals surface area contributed by atoms with Crippen LogP contribution in [0.1, 0.15) is 12.8 Å². The largest absolute Gasteiger partial charge is 0.393 e. The van der Waals surface area contributed by atoms with Crippen molar-refractivity contribution in [1.82, 2.24) is 5.32 Å². The Morgan fingerprint density at radius 1 is 1.73 bits per heavy atom. The lowest BCUT2D eigenvalue weighted by Crippen LogP contribution is -2.37. The molecule has 1 aliphatic carbocycles. The van der Waals surface area contributed by atoms with Crippen molar-refractivity contribution in [2.24, 2.45) is 5.92 Å². The normalized spacial score (nSPS) is 28.8. The Hall–Kier alpha value is -0.830. The second-order valence-electron chi connectivity index (χ2n) is 2.94. The Balaban J connectivity index is 2.04. The van der Waals surface area contributed by atoms with Gasteiger partial charge in [-0.1, -0.05) is 6.58 Å². The fraction of sp³-hybridized carbons (Fsp3) is 0.625. The summed E-state index contributed by atoms with van der Waals surface area (Å²) in [5.74, 6) is 0.334. The molecular weight excluding hydrogens is 142 g/mol. The smallest absolute Gasteiger partial charge is 0.243 e. The van der Waals surface area contributed by atoms with Crippen molar-refractivity contribution < 1.29 is 9.90 Å². The first-order chi connectivity index (χ1) is 5.22. The highest BCUT2D eigenvalue weighted by Gasteiger charge is 2.26. The molecule has 0 heterocycles. The van der Waals surface area contributed by atoms with E-state index in [1.807, 2.05) is 0 Å². The van der Waals surface area contributed by atoms with Crippen molar-refractivity contribution in [2.75, 3.05) is 6.54 Å². The molecule has 1 aliphatic rings. The molecule has 0 bridgehead atoms. The number of hydrogen-bond acceptors (Lipinski definition) is 2. The van der Waals surface area contributed by atoms with Gasteiger partial charge in [0.15, 0.2) is 0 Å². The van der Waals surface area contributed by atoms with Crippen molar-refractivity contribution in [3.8, 4) is 0 Å². The number of hydrogen-bond donors (Lipinski definition) is 2. The van der Waals surface area contributed by atoms with E-state index in [4.69, 9.17) is 5.11 Å². The first kappa shape index (κ1) is 8.27. The number of nitrogens with one attached hydrogen (secondary N) is 1. The highest BCUT2D eigenvalue weighted by atomic mass is 16.3. The van der Waals surface area contributed by atoms with Crippen molar-refractivity contribution in [3.05, 3.63) is 12.7 Å².